The Labute approximate surface area is 169 Å². The zero-order valence-corrected chi connectivity index (χ0v) is 16.5. The average Bonchev–Trinajstić information content (AvgIpc) is 2.97. The van der Waals surface area contributed by atoms with Gasteiger partial charge in [0.2, 0.25) is 11.8 Å². The summed E-state index contributed by atoms with van der Waals surface area (Å²) in [6.07, 6.45) is 1.62. The number of likely N-dealkylation sites (tertiary alicyclic amines) is 2. The maximum atomic E-state index is 12.7. The molecule has 2 amide bonds. The number of halogens is 3. The van der Waals surface area contributed by atoms with Crippen molar-refractivity contribution in [3.8, 4) is 0 Å². The molecule has 2 fully saturated rings. The van der Waals surface area contributed by atoms with E-state index in [9.17, 15) is 22.8 Å². The number of rotatable bonds is 4. The number of carbonyl (C=O) groups excluding carboxylic acids is 2. The second-order valence-electron chi connectivity index (χ2n) is 7.91. The number of nitrogens with one attached hydrogen (secondary N) is 1. The van der Waals surface area contributed by atoms with Gasteiger partial charge in [-0.25, -0.2) is 0 Å². The fourth-order valence-electron chi connectivity index (χ4n) is 4.03. The average molecular weight is 411 g/mol. The Balaban J connectivity index is 1.43. The smallest absolute Gasteiger partial charge is 0.342 e. The van der Waals surface area contributed by atoms with Crippen LogP contribution in [-0.4, -0.2) is 54.3 Å². The fraction of sp³-hybridized carbons (Fsp3) is 0.619. The van der Waals surface area contributed by atoms with E-state index in [0.29, 0.717) is 18.8 Å². The second-order valence-corrected chi connectivity index (χ2v) is 7.91. The molecule has 1 N–H and O–H groups in total. The van der Waals surface area contributed by atoms with Gasteiger partial charge in [-0.2, -0.15) is 13.2 Å². The van der Waals surface area contributed by atoms with E-state index in [4.69, 9.17) is 0 Å². The quantitative estimate of drug-likeness (QED) is 0.821. The van der Waals surface area contributed by atoms with Gasteiger partial charge in [0.05, 0.1) is 12.1 Å². The molecule has 0 bridgehead atoms. The molecule has 8 heteroatoms. The molecule has 2 aliphatic rings. The Morgan fingerprint density at radius 2 is 1.52 bits per heavy atom. The van der Waals surface area contributed by atoms with E-state index in [0.717, 1.165) is 50.9 Å². The number of hydrogen-bond donors (Lipinski definition) is 1. The molecule has 0 radical (unpaired) electrons. The van der Waals surface area contributed by atoms with Crippen LogP contribution in [0.1, 0.15) is 44.1 Å². The summed E-state index contributed by atoms with van der Waals surface area (Å²) in [5.74, 6) is 0.0186. The first-order valence-electron chi connectivity index (χ1n) is 10.3. The zero-order chi connectivity index (χ0) is 20.9. The van der Waals surface area contributed by atoms with Crippen LogP contribution in [0, 0.1) is 5.92 Å². The van der Waals surface area contributed by atoms with Gasteiger partial charge in [-0.05, 0) is 63.0 Å². The first-order valence-corrected chi connectivity index (χ1v) is 10.3. The molecular weight excluding hydrogens is 383 g/mol. The number of benzene rings is 1. The van der Waals surface area contributed by atoms with Crippen molar-refractivity contribution in [1.29, 1.82) is 0 Å². The highest BCUT2D eigenvalue weighted by Gasteiger charge is 2.31. The van der Waals surface area contributed by atoms with Crippen LogP contribution < -0.4 is 5.32 Å². The number of carbonyl (C=O) groups is 2. The van der Waals surface area contributed by atoms with Crippen LogP contribution in [0.15, 0.2) is 24.3 Å². The molecule has 0 aromatic heterocycles. The molecule has 3 rings (SSSR count). The highest BCUT2D eigenvalue weighted by Crippen LogP contribution is 2.29. The van der Waals surface area contributed by atoms with E-state index in [-0.39, 0.29) is 24.3 Å². The van der Waals surface area contributed by atoms with Gasteiger partial charge >= 0.3 is 6.18 Å². The lowest BCUT2D eigenvalue weighted by Gasteiger charge is -2.33. The van der Waals surface area contributed by atoms with Crippen LogP contribution in [-0.2, 0) is 15.8 Å². The Hall–Kier alpha value is -2.09. The SMILES string of the molecule is O=C(CN1CCC(C(=O)N2CCCCCC2)CC1)Nc1ccc(C(F)(F)F)cc1. The number of anilines is 1. The first-order chi connectivity index (χ1) is 13.8. The van der Waals surface area contributed by atoms with Gasteiger partial charge in [-0.1, -0.05) is 12.8 Å². The number of alkyl halides is 3. The Morgan fingerprint density at radius 3 is 2.07 bits per heavy atom. The predicted molar refractivity (Wildman–Crippen MR) is 104 cm³/mol. The van der Waals surface area contributed by atoms with Gasteiger partial charge < -0.3 is 10.2 Å². The third-order valence-electron chi connectivity index (χ3n) is 5.72. The first kappa shape index (κ1) is 21.6. The Morgan fingerprint density at radius 1 is 0.931 bits per heavy atom. The lowest BCUT2D eigenvalue weighted by molar-refractivity contribution is -0.138. The van der Waals surface area contributed by atoms with Crippen molar-refractivity contribution >= 4 is 17.5 Å². The van der Waals surface area contributed by atoms with E-state index >= 15 is 0 Å². The van der Waals surface area contributed by atoms with Crippen LogP contribution in [0.25, 0.3) is 0 Å². The van der Waals surface area contributed by atoms with E-state index in [1.807, 2.05) is 9.80 Å². The van der Waals surface area contributed by atoms with Crippen molar-refractivity contribution < 1.29 is 22.8 Å². The lowest BCUT2D eigenvalue weighted by atomic mass is 9.95. The van der Waals surface area contributed by atoms with Gasteiger partial charge in [-0.3, -0.25) is 14.5 Å². The molecule has 2 saturated heterocycles. The maximum absolute atomic E-state index is 12.7. The summed E-state index contributed by atoms with van der Waals surface area (Å²) >= 11 is 0. The summed E-state index contributed by atoms with van der Waals surface area (Å²) in [5.41, 5.74) is -0.402. The summed E-state index contributed by atoms with van der Waals surface area (Å²) in [6, 6.07) is 4.42. The maximum Gasteiger partial charge on any atom is 0.416 e. The highest BCUT2D eigenvalue weighted by molar-refractivity contribution is 5.92. The Bertz CT molecular complexity index is 690. The van der Waals surface area contributed by atoms with E-state index in [2.05, 4.69) is 5.32 Å². The number of hydrogen-bond acceptors (Lipinski definition) is 3. The van der Waals surface area contributed by atoms with Crippen molar-refractivity contribution in [2.45, 2.75) is 44.7 Å². The van der Waals surface area contributed by atoms with Crippen molar-refractivity contribution in [2.75, 3.05) is 38.0 Å². The zero-order valence-electron chi connectivity index (χ0n) is 16.5. The largest absolute Gasteiger partial charge is 0.416 e. The molecule has 0 spiro atoms. The summed E-state index contributed by atoms with van der Waals surface area (Å²) < 4.78 is 37.8. The standard InChI is InChI=1S/C21H28F3N3O2/c22-21(23,24)17-5-7-18(8-6-17)25-19(28)15-26-13-9-16(10-14-26)20(29)27-11-3-1-2-4-12-27/h5-8,16H,1-4,9-15H2,(H,25,28). The molecule has 0 unspecified atom stereocenters. The summed E-state index contributed by atoms with van der Waals surface area (Å²) in [4.78, 5) is 28.9. The van der Waals surface area contributed by atoms with Gasteiger partial charge in [0.25, 0.3) is 0 Å². The highest BCUT2D eigenvalue weighted by atomic mass is 19.4. The molecule has 29 heavy (non-hydrogen) atoms. The third kappa shape index (κ3) is 6.19. The summed E-state index contributed by atoms with van der Waals surface area (Å²) in [6.45, 7) is 3.23. The molecular formula is C21H28F3N3O2. The topological polar surface area (TPSA) is 52.7 Å². The van der Waals surface area contributed by atoms with Gasteiger partial charge in [0, 0.05) is 24.7 Å². The molecule has 5 nitrogen and oxygen atoms in total. The van der Waals surface area contributed by atoms with Crippen LogP contribution in [0.2, 0.25) is 0 Å². The lowest BCUT2D eigenvalue weighted by Crippen LogP contribution is -2.44. The Kier molecular flexibility index (Phi) is 7.16. The van der Waals surface area contributed by atoms with E-state index in [1.165, 1.54) is 25.0 Å². The van der Waals surface area contributed by atoms with Crippen molar-refractivity contribution in [3.05, 3.63) is 29.8 Å². The van der Waals surface area contributed by atoms with Crippen molar-refractivity contribution in [3.63, 3.8) is 0 Å². The molecule has 160 valence electrons. The van der Waals surface area contributed by atoms with E-state index < -0.39 is 11.7 Å². The number of nitrogens with zero attached hydrogens (tertiary/aromatic N) is 2. The number of piperidine rings is 1. The van der Waals surface area contributed by atoms with Crippen LogP contribution in [0.4, 0.5) is 18.9 Å². The van der Waals surface area contributed by atoms with Crippen LogP contribution in [0.5, 0.6) is 0 Å². The summed E-state index contributed by atoms with van der Waals surface area (Å²) in [5, 5.41) is 2.64. The van der Waals surface area contributed by atoms with Crippen molar-refractivity contribution in [2.24, 2.45) is 5.92 Å². The van der Waals surface area contributed by atoms with Gasteiger partial charge in [0.15, 0.2) is 0 Å². The van der Waals surface area contributed by atoms with E-state index in [1.54, 1.807) is 0 Å². The molecule has 1 aromatic rings. The minimum Gasteiger partial charge on any atom is -0.342 e. The van der Waals surface area contributed by atoms with Crippen LogP contribution >= 0.6 is 0 Å². The molecule has 2 heterocycles. The second kappa shape index (κ2) is 9.61. The molecule has 0 aliphatic carbocycles. The van der Waals surface area contributed by atoms with Crippen molar-refractivity contribution in [1.82, 2.24) is 9.80 Å². The third-order valence-corrected chi connectivity index (χ3v) is 5.72. The monoisotopic (exact) mass is 411 g/mol. The predicted octanol–water partition coefficient (Wildman–Crippen LogP) is 3.76. The molecule has 2 aliphatic heterocycles. The van der Waals surface area contributed by atoms with Gasteiger partial charge in [-0.15, -0.1) is 0 Å². The number of amides is 2. The van der Waals surface area contributed by atoms with Gasteiger partial charge in [0.1, 0.15) is 0 Å². The minimum atomic E-state index is -4.39. The molecule has 0 saturated carbocycles. The molecule has 0 atom stereocenters. The normalized spacial score (nSPS) is 19.6. The minimum absolute atomic E-state index is 0.0299. The molecule has 1 aromatic carbocycles. The van der Waals surface area contributed by atoms with Crippen LogP contribution in [0.3, 0.4) is 0 Å². The fourth-order valence-corrected chi connectivity index (χ4v) is 4.03. The summed E-state index contributed by atoms with van der Waals surface area (Å²) in [7, 11) is 0.